The van der Waals surface area contributed by atoms with Crippen molar-refractivity contribution in [1.82, 2.24) is 4.90 Å². The van der Waals surface area contributed by atoms with Crippen LogP contribution in [0.3, 0.4) is 0 Å². The van der Waals surface area contributed by atoms with Gasteiger partial charge in [-0.3, -0.25) is 19.3 Å². The molecular weight excluding hydrogens is 519 g/mol. The van der Waals surface area contributed by atoms with Gasteiger partial charge in [-0.15, -0.1) is 0 Å². The highest BCUT2D eigenvalue weighted by Crippen LogP contribution is 2.45. The minimum atomic E-state index is -1.36. The lowest BCUT2D eigenvalue weighted by molar-refractivity contribution is -0.147. The van der Waals surface area contributed by atoms with E-state index in [4.69, 9.17) is 51.1 Å². The van der Waals surface area contributed by atoms with Gasteiger partial charge in [-0.05, 0) is 36.6 Å². The van der Waals surface area contributed by atoms with Crippen LogP contribution < -0.4 is 0 Å². The van der Waals surface area contributed by atoms with E-state index >= 15 is 0 Å². The second-order valence-electron chi connectivity index (χ2n) is 7.67. The van der Waals surface area contributed by atoms with Gasteiger partial charge in [0, 0.05) is 5.56 Å². The molecule has 6 nitrogen and oxygen atoms in total. The van der Waals surface area contributed by atoms with E-state index in [1.54, 1.807) is 13.8 Å². The van der Waals surface area contributed by atoms with Gasteiger partial charge in [0.25, 0.3) is 11.8 Å². The van der Waals surface area contributed by atoms with Crippen molar-refractivity contribution in [3.05, 3.63) is 66.9 Å². The highest BCUT2D eigenvalue weighted by atomic mass is 35.5. The second-order valence-corrected chi connectivity index (χ2v) is 9.18. The molecule has 1 unspecified atom stereocenters. The van der Waals surface area contributed by atoms with Gasteiger partial charge in [0.2, 0.25) is 0 Å². The highest BCUT2D eigenvalue weighted by molar-refractivity contribution is 6.55. The minimum absolute atomic E-state index is 0.0474. The Bertz CT molecular complexity index is 1120. The van der Waals surface area contributed by atoms with E-state index in [9.17, 15) is 23.6 Å². The molecule has 3 rings (SSSR count). The first-order valence-electron chi connectivity index (χ1n) is 9.64. The summed E-state index contributed by atoms with van der Waals surface area (Å²) in [6.45, 7) is 2.88. The number of halogens is 5. The van der Waals surface area contributed by atoms with Crippen LogP contribution in [-0.2, 0) is 9.53 Å². The Morgan fingerprint density at radius 1 is 0.909 bits per heavy atom. The largest absolute Gasteiger partial charge is 0.456 e. The molecule has 0 saturated heterocycles. The number of carbonyl (C=O) groups is 4. The van der Waals surface area contributed by atoms with Crippen molar-refractivity contribution in [2.45, 2.75) is 26.3 Å². The number of rotatable bonds is 7. The van der Waals surface area contributed by atoms with Crippen molar-refractivity contribution >= 4 is 70.0 Å². The van der Waals surface area contributed by atoms with E-state index in [1.807, 2.05) is 0 Å². The Morgan fingerprint density at radius 2 is 1.39 bits per heavy atom. The molecule has 0 saturated carbocycles. The minimum Gasteiger partial charge on any atom is -0.456 e. The molecule has 33 heavy (non-hydrogen) atoms. The van der Waals surface area contributed by atoms with Gasteiger partial charge in [0.15, 0.2) is 12.4 Å². The third kappa shape index (κ3) is 4.87. The number of fused-ring (bicyclic) bond motifs is 1. The zero-order valence-electron chi connectivity index (χ0n) is 17.3. The maximum absolute atomic E-state index is 13.1. The lowest BCUT2D eigenvalue weighted by atomic mass is 10.0. The van der Waals surface area contributed by atoms with Crippen molar-refractivity contribution in [3.63, 3.8) is 0 Å². The predicted molar refractivity (Wildman–Crippen MR) is 122 cm³/mol. The van der Waals surface area contributed by atoms with Crippen LogP contribution in [0.15, 0.2) is 24.3 Å². The van der Waals surface area contributed by atoms with Crippen LogP contribution in [0.4, 0.5) is 4.39 Å². The molecule has 11 heteroatoms. The van der Waals surface area contributed by atoms with Crippen LogP contribution in [0.5, 0.6) is 0 Å². The molecule has 1 aliphatic heterocycles. The summed E-state index contributed by atoms with van der Waals surface area (Å²) >= 11 is 24.3. The maximum Gasteiger partial charge on any atom is 0.329 e. The molecule has 1 heterocycles. The molecule has 0 spiro atoms. The van der Waals surface area contributed by atoms with Crippen molar-refractivity contribution < 1.29 is 28.3 Å². The van der Waals surface area contributed by atoms with Gasteiger partial charge in [0.1, 0.15) is 11.9 Å². The van der Waals surface area contributed by atoms with Crippen molar-refractivity contribution in [1.29, 1.82) is 0 Å². The van der Waals surface area contributed by atoms with Gasteiger partial charge in [0.05, 0.1) is 31.2 Å². The van der Waals surface area contributed by atoms with Crippen LogP contribution in [0.2, 0.25) is 20.1 Å². The summed E-state index contributed by atoms with van der Waals surface area (Å²) in [4.78, 5) is 52.1. The average molecular weight is 535 g/mol. The van der Waals surface area contributed by atoms with Gasteiger partial charge in [-0.1, -0.05) is 60.3 Å². The Labute approximate surface area is 208 Å². The number of Topliss-reactive ketones (excluding diaryl/α,β-unsaturated/α-hetero) is 1. The number of amides is 2. The van der Waals surface area contributed by atoms with Crippen LogP contribution in [0, 0.1) is 11.7 Å². The molecule has 0 aromatic heterocycles. The third-order valence-electron chi connectivity index (χ3n) is 4.92. The molecule has 0 bridgehead atoms. The normalized spacial score (nSPS) is 14.0. The van der Waals surface area contributed by atoms with Crippen LogP contribution in [0.1, 0.15) is 51.3 Å². The van der Waals surface area contributed by atoms with Crippen molar-refractivity contribution in [2.24, 2.45) is 5.92 Å². The summed E-state index contributed by atoms with van der Waals surface area (Å²) in [7, 11) is 0. The number of nitrogens with zero attached hydrogens (tertiary/aromatic N) is 1. The molecule has 2 amide bonds. The van der Waals surface area contributed by atoms with E-state index in [2.05, 4.69) is 0 Å². The van der Waals surface area contributed by atoms with E-state index in [0.29, 0.717) is 4.90 Å². The van der Waals surface area contributed by atoms with E-state index < -0.39 is 42.0 Å². The zero-order valence-corrected chi connectivity index (χ0v) is 20.3. The summed E-state index contributed by atoms with van der Waals surface area (Å²) in [6, 6.07) is 3.33. The second kappa shape index (κ2) is 9.97. The lowest BCUT2D eigenvalue weighted by Crippen LogP contribution is -2.46. The number of carbonyl (C=O) groups excluding carboxylic acids is 4. The molecule has 2 aromatic rings. The molecular formula is C22H16Cl4FNO5. The Kier molecular flexibility index (Phi) is 7.69. The molecule has 174 valence electrons. The van der Waals surface area contributed by atoms with E-state index in [-0.39, 0.29) is 49.1 Å². The van der Waals surface area contributed by atoms with Gasteiger partial charge in [-0.2, -0.15) is 0 Å². The van der Waals surface area contributed by atoms with Crippen LogP contribution in [0.25, 0.3) is 0 Å². The first-order chi connectivity index (χ1) is 15.5. The first-order valence-corrected chi connectivity index (χ1v) is 11.2. The number of hydrogen-bond donors (Lipinski definition) is 0. The van der Waals surface area contributed by atoms with Crippen molar-refractivity contribution in [3.8, 4) is 0 Å². The fourth-order valence-electron chi connectivity index (χ4n) is 3.36. The Hall–Kier alpha value is -2.19. The summed E-state index contributed by atoms with van der Waals surface area (Å²) in [6.07, 6.45) is 0.0474. The molecule has 0 N–H and O–H groups in total. The molecule has 1 atom stereocenters. The SMILES string of the molecule is CC(C)CC(C(=O)OCC(=O)c1ccc(F)cc1)N1C(=O)c2c(Cl)c(Cl)c(Cl)c(Cl)c2C1=O. The van der Waals surface area contributed by atoms with Crippen LogP contribution in [-0.4, -0.2) is 41.1 Å². The zero-order chi connectivity index (χ0) is 24.6. The smallest absolute Gasteiger partial charge is 0.329 e. The monoisotopic (exact) mass is 533 g/mol. The number of hydrogen-bond acceptors (Lipinski definition) is 5. The summed E-state index contributed by atoms with van der Waals surface area (Å²) in [5, 5.41) is -0.911. The van der Waals surface area contributed by atoms with E-state index in [0.717, 1.165) is 12.1 Å². The number of ether oxygens (including phenoxy) is 1. The molecule has 0 fully saturated rings. The number of ketones is 1. The van der Waals surface area contributed by atoms with Crippen molar-refractivity contribution in [2.75, 3.05) is 6.61 Å². The average Bonchev–Trinajstić information content (AvgIpc) is 3.03. The number of imide groups is 1. The predicted octanol–water partition coefficient (Wildman–Crippen LogP) is 5.88. The highest BCUT2D eigenvalue weighted by Gasteiger charge is 2.47. The maximum atomic E-state index is 13.1. The fourth-order valence-corrected chi connectivity index (χ4v) is 4.37. The number of benzene rings is 2. The van der Waals surface area contributed by atoms with Gasteiger partial charge < -0.3 is 4.74 Å². The third-order valence-corrected chi connectivity index (χ3v) is 6.72. The summed E-state index contributed by atoms with van der Waals surface area (Å²) in [5.41, 5.74) is -0.386. The summed E-state index contributed by atoms with van der Waals surface area (Å²) < 4.78 is 18.2. The Balaban J connectivity index is 1.89. The topological polar surface area (TPSA) is 80.8 Å². The Morgan fingerprint density at radius 3 is 1.85 bits per heavy atom. The molecule has 2 aromatic carbocycles. The quantitative estimate of drug-likeness (QED) is 0.146. The lowest BCUT2D eigenvalue weighted by Gasteiger charge is -2.25. The van der Waals surface area contributed by atoms with Gasteiger partial charge in [-0.25, -0.2) is 9.18 Å². The fraction of sp³-hybridized carbons (Fsp3) is 0.273. The van der Waals surface area contributed by atoms with Gasteiger partial charge >= 0.3 is 5.97 Å². The van der Waals surface area contributed by atoms with Crippen LogP contribution >= 0.6 is 46.4 Å². The number of esters is 1. The molecule has 0 radical (unpaired) electrons. The molecule has 1 aliphatic rings. The first kappa shape index (κ1) is 25.4. The molecule has 0 aliphatic carbocycles. The summed E-state index contributed by atoms with van der Waals surface area (Å²) in [5.74, 6) is -3.99. The van der Waals surface area contributed by atoms with E-state index in [1.165, 1.54) is 12.1 Å². The standard InChI is InChI=1S/C22H16Cl4FNO5/c1-9(2)7-12(22(32)33-8-13(29)10-3-5-11(27)6-4-10)28-20(30)14-15(21(28)31)17(24)19(26)18(25)16(14)23/h3-6,9,12H,7-8H2,1-2H3.